The van der Waals surface area contributed by atoms with Crippen LogP contribution in [0.15, 0.2) is 55.0 Å². The van der Waals surface area contributed by atoms with Crippen molar-refractivity contribution in [1.29, 1.82) is 0 Å². The molecule has 7 nitrogen and oxygen atoms in total. The molecule has 1 amide bonds. The van der Waals surface area contributed by atoms with Crippen molar-refractivity contribution in [2.75, 3.05) is 11.9 Å². The molecule has 150 valence electrons. The van der Waals surface area contributed by atoms with Crippen LogP contribution < -0.4 is 10.1 Å². The normalized spacial score (nSPS) is 16.4. The van der Waals surface area contributed by atoms with E-state index < -0.39 is 0 Å². The summed E-state index contributed by atoms with van der Waals surface area (Å²) < 4.78 is 13.2. The maximum Gasteiger partial charge on any atom is 0.274 e. The SMILES string of the molecule is O=C(Nc1cnn(C2CCCCO2)c1)c1cc(COc2ccccc2Cl)ccn1. The van der Waals surface area contributed by atoms with Crippen LogP contribution in [0.1, 0.15) is 41.5 Å². The third-order valence-electron chi connectivity index (χ3n) is 4.60. The molecule has 1 aliphatic heterocycles. The number of aromatic nitrogens is 3. The van der Waals surface area contributed by atoms with Gasteiger partial charge in [0.05, 0.1) is 23.1 Å². The second kappa shape index (κ2) is 9.07. The standard InChI is InChI=1S/C21H21ClN4O3/c22-17-5-1-2-6-19(17)29-14-15-8-9-23-18(11-15)21(27)25-16-12-24-26(13-16)20-7-3-4-10-28-20/h1-2,5-6,8-9,11-13,20H,3-4,7,10,14H2,(H,25,27). The Hall–Kier alpha value is -2.90. The molecule has 0 radical (unpaired) electrons. The van der Waals surface area contributed by atoms with Gasteiger partial charge in [0.1, 0.15) is 24.3 Å². The number of ether oxygens (including phenoxy) is 2. The first-order chi connectivity index (χ1) is 14.2. The van der Waals surface area contributed by atoms with Gasteiger partial charge in [-0.05, 0) is 49.1 Å². The van der Waals surface area contributed by atoms with Gasteiger partial charge in [0.15, 0.2) is 0 Å². The Bertz CT molecular complexity index is 985. The number of carbonyl (C=O) groups excluding carboxylic acids is 1. The molecule has 0 saturated carbocycles. The van der Waals surface area contributed by atoms with Crippen LogP contribution in [-0.2, 0) is 11.3 Å². The lowest BCUT2D eigenvalue weighted by Crippen LogP contribution is -2.18. The lowest BCUT2D eigenvalue weighted by molar-refractivity contribution is -0.0394. The summed E-state index contributed by atoms with van der Waals surface area (Å²) in [5.74, 6) is 0.281. The molecule has 1 atom stereocenters. The average molecular weight is 413 g/mol. The smallest absolute Gasteiger partial charge is 0.274 e. The van der Waals surface area contributed by atoms with Gasteiger partial charge in [-0.3, -0.25) is 9.78 Å². The van der Waals surface area contributed by atoms with Gasteiger partial charge in [0, 0.05) is 12.8 Å². The Balaban J connectivity index is 1.38. The van der Waals surface area contributed by atoms with Gasteiger partial charge < -0.3 is 14.8 Å². The van der Waals surface area contributed by atoms with E-state index >= 15 is 0 Å². The maximum absolute atomic E-state index is 12.6. The van der Waals surface area contributed by atoms with Gasteiger partial charge in [0.2, 0.25) is 0 Å². The van der Waals surface area contributed by atoms with Crippen molar-refractivity contribution >= 4 is 23.2 Å². The Morgan fingerprint density at radius 1 is 1.31 bits per heavy atom. The number of nitrogens with zero attached hydrogens (tertiary/aromatic N) is 3. The molecule has 1 aliphatic rings. The highest BCUT2D eigenvalue weighted by Gasteiger charge is 2.17. The van der Waals surface area contributed by atoms with Crippen molar-refractivity contribution < 1.29 is 14.3 Å². The van der Waals surface area contributed by atoms with Crippen LogP contribution in [0.25, 0.3) is 0 Å². The monoisotopic (exact) mass is 412 g/mol. The number of pyridine rings is 1. The molecule has 1 saturated heterocycles. The summed E-state index contributed by atoms with van der Waals surface area (Å²) >= 11 is 6.10. The largest absolute Gasteiger partial charge is 0.487 e. The van der Waals surface area contributed by atoms with E-state index in [0.29, 0.717) is 22.2 Å². The lowest BCUT2D eigenvalue weighted by atomic mass is 10.2. The number of hydrogen-bond donors (Lipinski definition) is 1. The van der Waals surface area contributed by atoms with E-state index in [1.165, 1.54) is 0 Å². The van der Waals surface area contributed by atoms with Crippen LogP contribution in [0.3, 0.4) is 0 Å². The summed E-state index contributed by atoms with van der Waals surface area (Å²) in [5, 5.41) is 7.67. The third-order valence-corrected chi connectivity index (χ3v) is 4.91. The van der Waals surface area contributed by atoms with Crippen LogP contribution in [0, 0.1) is 0 Å². The summed E-state index contributed by atoms with van der Waals surface area (Å²) in [7, 11) is 0. The van der Waals surface area contributed by atoms with E-state index in [0.717, 1.165) is 31.4 Å². The minimum atomic E-state index is -0.311. The van der Waals surface area contributed by atoms with Crippen molar-refractivity contribution in [3.05, 3.63) is 71.3 Å². The van der Waals surface area contributed by atoms with Crippen LogP contribution >= 0.6 is 11.6 Å². The quantitative estimate of drug-likeness (QED) is 0.646. The highest BCUT2D eigenvalue weighted by Crippen LogP contribution is 2.25. The summed E-state index contributed by atoms with van der Waals surface area (Å²) in [6.07, 6.45) is 8.00. The summed E-state index contributed by atoms with van der Waals surface area (Å²) in [6, 6.07) is 10.7. The topological polar surface area (TPSA) is 78.3 Å². The van der Waals surface area contributed by atoms with Gasteiger partial charge in [-0.1, -0.05) is 23.7 Å². The number of benzene rings is 1. The second-order valence-electron chi connectivity index (χ2n) is 6.75. The van der Waals surface area contributed by atoms with Crippen molar-refractivity contribution in [1.82, 2.24) is 14.8 Å². The number of amides is 1. The Morgan fingerprint density at radius 2 is 2.21 bits per heavy atom. The van der Waals surface area contributed by atoms with E-state index in [4.69, 9.17) is 21.1 Å². The minimum Gasteiger partial charge on any atom is -0.487 e. The van der Waals surface area contributed by atoms with Crippen LogP contribution in [0.2, 0.25) is 5.02 Å². The zero-order valence-corrected chi connectivity index (χ0v) is 16.5. The lowest BCUT2D eigenvalue weighted by Gasteiger charge is -2.22. The number of halogens is 1. The predicted molar refractivity (Wildman–Crippen MR) is 109 cm³/mol. The fraction of sp³-hybridized carbons (Fsp3) is 0.286. The van der Waals surface area contributed by atoms with E-state index in [-0.39, 0.29) is 18.7 Å². The highest BCUT2D eigenvalue weighted by atomic mass is 35.5. The van der Waals surface area contributed by atoms with Gasteiger partial charge in [-0.2, -0.15) is 5.10 Å². The molecule has 0 spiro atoms. The van der Waals surface area contributed by atoms with Gasteiger partial charge >= 0.3 is 0 Å². The number of hydrogen-bond acceptors (Lipinski definition) is 5. The van der Waals surface area contributed by atoms with Crippen molar-refractivity contribution in [2.24, 2.45) is 0 Å². The minimum absolute atomic E-state index is 0.0715. The van der Waals surface area contributed by atoms with Gasteiger partial charge in [-0.15, -0.1) is 0 Å². The first-order valence-electron chi connectivity index (χ1n) is 9.48. The molecular formula is C21H21ClN4O3. The molecule has 29 heavy (non-hydrogen) atoms. The maximum atomic E-state index is 12.6. The third kappa shape index (κ3) is 4.93. The van der Waals surface area contributed by atoms with Crippen molar-refractivity contribution in [2.45, 2.75) is 32.1 Å². The first kappa shape index (κ1) is 19.4. The Morgan fingerprint density at radius 3 is 3.03 bits per heavy atom. The first-order valence-corrected chi connectivity index (χ1v) is 9.86. The van der Waals surface area contributed by atoms with Crippen LogP contribution in [0.4, 0.5) is 5.69 Å². The van der Waals surface area contributed by atoms with E-state index in [2.05, 4.69) is 15.4 Å². The van der Waals surface area contributed by atoms with Crippen LogP contribution in [-0.4, -0.2) is 27.3 Å². The number of anilines is 1. The van der Waals surface area contributed by atoms with Gasteiger partial charge in [-0.25, -0.2) is 4.68 Å². The highest BCUT2D eigenvalue weighted by molar-refractivity contribution is 6.32. The summed E-state index contributed by atoms with van der Waals surface area (Å²) in [4.78, 5) is 16.7. The average Bonchev–Trinajstić information content (AvgIpc) is 3.22. The molecule has 1 fully saturated rings. The molecule has 3 aromatic rings. The number of carbonyl (C=O) groups is 1. The molecule has 1 N–H and O–H groups in total. The van der Waals surface area contributed by atoms with Crippen LogP contribution in [0.5, 0.6) is 5.75 Å². The molecule has 0 bridgehead atoms. The fourth-order valence-corrected chi connectivity index (χ4v) is 3.29. The van der Waals surface area contributed by atoms with E-state index in [1.54, 1.807) is 47.5 Å². The molecule has 2 aromatic heterocycles. The molecule has 1 aromatic carbocycles. The van der Waals surface area contributed by atoms with Crippen molar-refractivity contribution in [3.63, 3.8) is 0 Å². The number of rotatable bonds is 6. The molecule has 3 heterocycles. The summed E-state index contributed by atoms with van der Waals surface area (Å²) in [5.41, 5.74) is 1.71. The van der Waals surface area contributed by atoms with E-state index in [9.17, 15) is 4.79 Å². The molecule has 1 unspecified atom stereocenters. The van der Waals surface area contributed by atoms with Gasteiger partial charge in [0.25, 0.3) is 5.91 Å². The predicted octanol–water partition coefficient (Wildman–Crippen LogP) is 4.46. The zero-order valence-electron chi connectivity index (χ0n) is 15.8. The molecule has 4 rings (SSSR count). The Kier molecular flexibility index (Phi) is 6.07. The zero-order chi connectivity index (χ0) is 20.1. The van der Waals surface area contributed by atoms with E-state index in [1.807, 2.05) is 12.1 Å². The number of nitrogens with one attached hydrogen (secondary N) is 1. The molecule has 8 heteroatoms. The summed E-state index contributed by atoms with van der Waals surface area (Å²) in [6.45, 7) is 1.02. The molecule has 0 aliphatic carbocycles. The van der Waals surface area contributed by atoms with Crippen molar-refractivity contribution in [3.8, 4) is 5.75 Å². The second-order valence-corrected chi connectivity index (χ2v) is 7.16. The fourth-order valence-electron chi connectivity index (χ4n) is 3.10. The number of para-hydroxylation sites is 1. The molecular weight excluding hydrogens is 392 g/mol. The Labute approximate surface area is 173 Å².